The summed E-state index contributed by atoms with van der Waals surface area (Å²) in [5.41, 5.74) is 13.4. The number of hydrogen-bond acceptors (Lipinski definition) is 4. The quantitative estimate of drug-likeness (QED) is 0.167. The van der Waals surface area contributed by atoms with Gasteiger partial charge in [0.15, 0.2) is 0 Å². The van der Waals surface area contributed by atoms with Gasteiger partial charge < -0.3 is 9.47 Å². The minimum Gasteiger partial charge on any atom is -0.339 e. The van der Waals surface area contributed by atoms with Crippen molar-refractivity contribution in [1.82, 2.24) is 14.4 Å². The van der Waals surface area contributed by atoms with Crippen molar-refractivity contribution in [2.24, 2.45) is 22.2 Å². The Morgan fingerprint density at radius 1 is 0.656 bits per heavy atom. The van der Waals surface area contributed by atoms with Crippen LogP contribution in [0.3, 0.4) is 0 Å². The van der Waals surface area contributed by atoms with Gasteiger partial charge in [-0.2, -0.15) is 0 Å². The van der Waals surface area contributed by atoms with Crippen LogP contribution in [0.5, 0.6) is 0 Å². The van der Waals surface area contributed by atoms with Crippen molar-refractivity contribution in [2.45, 2.75) is 37.8 Å². The monoisotopic (exact) mass is 810 g/mol. The number of thioether (sulfide) groups is 1. The number of aromatic nitrogens is 1. The summed E-state index contributed by atoms with van der Waals surface area (Å²) >= 11 is 2.12. The van der Waals surface area contributed by atoms with Gasteiger partial charge in [0, 0.05) is 45.8 Å². The number of rotatable bonds is 6. The third-order valence-electron chi connectivity index (χ3n) is 13.8. The summed E-state index contributed by atoms with van der Waals surface area (Å²) in [6.45, 7) is 4.92. The van der Waals surface area contributed by atoms with Gasteiger partial charge in [-0.15, -0.1) is 11.8 Å². The molecule has 6 aromatic carbocycles. The molecule has 4 nitrogen and oxygen atoms in total. The predicted molar refractivity (Wildman–Crippen MR) is 257 cm³/mol. The van der Waals surface area contributed by atoms with E-state index in [9.17, 15) is 0 Å². The van der Waals surface area contributed by atoms with E-state index in [-0.39, 0.29) is 17.7 Å². The van der Waals surface area contributed by atoms with Gasteiger partial charge in [0.05, 0.1) is 11.2 Å². The van der Waals surface area contributed by atoms with Gasteiger partial charge in [0.1, 0.15) is 18.2 Å². The van der Waals surface area contributed by atoms with Crippen molar-refractivity contribution in [1.29, 1.82) is 0 Å². The maximum atomic E-state index is 5.80. The van der Waals surface area contributed by atoms with Crippen molar-refractivity contribution in [3.63, 3.8) is 0 Å². The Labute approximate surface area is 364 Å². The van der Waals surface area contributed by atoms with Gasteiger partial charge in [-0.25, -0.2) is 4.99 Å². The predicted octanol–water partition coefficient (Wildman–Crippen LogP) is 13.4. The molecule has 3 heterocycles. The largest absolute Gasteiger partial charge is 0.339 e. The van der Waals surface area contributed by atoms with Crippen LogP contribution in [0.4, 0.5) is 0 Å². The van der Waals surface area contributed by atoms with E-state index in [1.54, 1.807) is 0 Å². The summed E-state index contributed by atoms with van der Waals surface area (Å²) in [4.78, 5) is 12.1. The van der Waals surface area contributed by atoms with Crippen LogP contribution < -0.4 is 0 Å². The van der Waals surface area contributed by atoms with E-state index in [1.165, 1.54) is 60.4 Å². The summed E-state index contributed by atoms with van der Waals surface area (Å²) < 4.78 is 2.61. The Balaban J connectivity index is 1.17. The average Bonchev–Trinajstić information content (AvgIpc) is 3.68. The topological polar surface area (TPSA) is 23.8 Å². The summed E-state index contributed by atoms with van der Waals surface area (Å²) in [5.74, 6) is 1.91. The number of hydrogen-bond donors (Lipinski definition) is 0. The second-order valence-corrected chi connectivity index (χ2v) is 18.7. The van der Waals surface area contributed by atoms with Crippen molar-refractivity contribution < 1.29 is 0 Å². The fraction of sp³-hybridized carbons (Fsp3) is 0.196. The third kappa shape index (κ3) is 6.20. The Morgan fingerprint density at radius 2 is 1.30 bits per heavy atom. The van der Waals surface area contributed by atoms with Crippen LogP contribution in [0.2, 0.25) is 0 Å². The van der Waals surface area contributed by atoms with Crippen LogP contribution in [0.15, 0.2) is 192 Å². The molecule has 61 heavy (non-hydrogen) atoms. The maximum absolute atomic E-state index is 5.80. The lowest BCUT2D eigenvalue weighted by Gasteiger charge is -2.45. The van der Waals surface area contributed by atoms with Gasteiger partial charge >= 0.3 is 0 Å². The highest BCUT2D eigenvalue weighted by atomic mass is 32.2. The fourth-order valence-corrected chi connectivity index (χ4v) is 12.6. The minimum atomic E-state index is -0.199. The third-order valence-corrected chi connectivity index (χ3v) is 15.7. The standard InChI is InChI=1S/C56H50N4S/c1-37-20-14-18-30-47-52(37)61-51-35-45-44-29-17-19-31-48(44)60(50(45)36-56(47,51)2)49-33-32-41(43-28-16-15-27-42(43)38-21-8-5-9-22-38)34-46(49)54-57-53(39-23-10-6-11-24-39)58(3)55(59(54)4)40-25-12-7-13-26-40/h5-35,37,47,52-53,55H,36H2,1-4H3. The molecule has 0 bridgehead atoms. The molecule has 0 radical (unpaired) electrons. The first kappa shape index (κ1) is 37.8. The smallest absolute Gasteiger partial charge is 0.136 e. The van der Waals surface area contributed by atoms with Crippen LogP contribution in [-0.2, 0) is 6.42 Å². The highest BCUT2D eigenvalue weighted by Crippen LogP contribution is 2.62. The number of benzene rings is 6. The normalized spacial score (nSPS) is 24.5. The number of aliphatic imine (C=N–C) groups is 1. The Kier molecular flexibility index (Phi) is 9.36. The van der Waals surface area contributed by atoms with Crippen molar-refractivity contribution >= 4 is 34.6 Å². The lowest BCUT2D eigenvalue weighted by molar-refractivity contribution is 0.0744. The molecule has 0 spiro atoms. The molecule has 1 saturated heterocycles. The molecular formula is C56H50N4S. The number of amidine groups is 1. The summed E-state index contributed by atoms with van der Waals surface area (Å²) in [7, 11) is 4.44. The van der Waals surface area contributed by atoms with Crippen molar-refractivity contribution in [3.8, 4) is 27.9 Å². The van der Waals surface area contributed by atoms with E-state index in [4.69, 9.17) is 4.99 Å². The van der Waals surface area contributed by atoms with Gasteiger partial charge in [-0.1, -0.05) is 178 Å². The highest BCUT2D eigenvalue weighted by molar-refractivity contribution is 8.04. The van der Waals surface area contributed by atoms with Crippen molar-refractivity contribution in [2.75, 3.05) is 14.1 Å². The fourth-order valence-electron chi connectivity index (χ4n) is 10.8. The van der Waals surface area contributed by atoms with E-state index in [0.717, 1.165) is 23.5 Å². The Morgan fingerprint density at radius 3 is 2.05 bits per heavy atom. The first-order chi connectivity index (χ1) is 29.9. The SMILES string of the molecule is CC1C=CC=CC2C1SC1=Cc3c(n(-c4ccc(-c5ccccc5-c5ccccc5)cc4C4=NC(c5ccccc5)N(C)C(c5ccccc5)N4C)c4ccccc34)CC12C. The molecule has 7 aromatic rings. The average molecular weight is 811 g/mol. The maximum Gasteiger partial charge on any atom is 0.136 e. The summed E-state index contributed by atoms with van der Waals surface area (Å²) in [6.07, 6.45) is 12.7. The van der Waals surface area contributed by atoms with Gasteiger partial charge in [0.25, 0.3) is 0 Å². The zero-order valence-electron chi connectivity index (χ0n) is 35.2. The van der Waals surface area contributed by atoms with Crippen LogP contribution in [0.25, 0.3) is 44.9 Å². The van der Waals surface area contributed by atoms with Crippen LogP contribution in [0, 0.1) is 17.3 Å². The summed E-state index contributed by atoms with van der Waals surface area (Å²) in [5, 5.41) is 1.82. The highest BCUT2D eigenvalue weighted by Gasteiger charge is 2.52. The van der Waals surface area contributed by atoms with Crippen LogP contribution >= 0.6 is 11.8 Å². The molecule has 4 aliphatic rings. The first-order valence-electron chi connectivity index (χ1n) is 21.7. The number of nitrogens with zero attached hydrogens (tertiary/aromatic N) is 4. The first-order valence-corrected chi connectivity index (χ1v) is 22.6. The van der Waals surface area contributed by atoms with E-state index in [2.05, 4.69) is 242 Å². The number of para-hydroxylation sites is 1. The molecule has 0 N–H and O–H groups in total. The van der Waals surface area contributed by atoms with Crippen molar-refractivity contribution in [3.05, 3.63) is 215 Å². The number of fused-ring (bicyclic) bond motifs is 6. The Bertz CT molecular complexity index is 2910. The molecule has 6 atom stereocenters. The molecule has 1 fully saturated rings. The van der Waals surface area contributed by atoms with E-state index in [0.29, 0.717) is 17.1 Å². The van der Waals surface area contributed by atoms with E-state index < -0.39 is 0 Å². The zero-order chi connectivity index (χ0) is 41.2. The van der Waals surface area contributed by atoms with Gasteiger partial charge in [-0.05, 0) is 81.9 Å². The van der Waals surface area contributed by atoms with Gasteiger partial charge in [0.2, 0.25) is 0 Å². The molecule has 11 rings (SSSR count). The van der Waals surface area contributed by atoms with Gasteiger partial charge in [-0.3, -0.25) is 4.90 Å². The molecule has 5 heteroatoms. The summed E-state index contributed by atoms with van der Waals surface area (Å²) in [6, 6.07) is 57.5. The molecule has 0 saturated carbocycles. The molecule has 0 amide bonds. The lowest BCUT2D eigenvalue weighted by Crippen LogP contribution is -2.47. The van der Waals surface area contributed by atoms with Crippen LogP contribution in [0.1, 0.15) is 54.1 Å². The van der Waals surface area contributed by atoms with Crippen LogP contribution in [-0.4, -0.2) is 39.5 Å². The zero-order valence-corrected chi connectivity index (χ0v) is 36.0. The molecule has 1 aromatic heterocycles. The van der Waals surface area contributed by atoms with E-state index >= 15 is 0 Å². The van der Waals surface area contributed by atoms with E-state index in [1.807, 2.05) is 0 Å². The number of allylic oxidation sites excluding steroid dienone is 5. The Hall–Kier alpha value is -6.14. The second-order valence-electron chi connectivity index (χ2n) is 17.5. The lowest BCUT2D eigenvalue weighted by atomic mass is 9.68. The minimum absolute atomic E-state index is 0.0152. The molecule has 300 valence electrons. The molecule has 2 aliphatic carbocycles. The second kappa shape index (κ2) is 15.1. The molecule has 6 unspecified atom stereocenters. The molecule has 2 aliphatic heterocycles. The molecular weight excluding hydrogens is 761 g/mol.